The van der Waals surface area contributed by atoms with Gasteiger partial charge >= 0.3 is 0 Å². The number of nitrogens with one attached hydrogen (secondary N) is 1. The molecule has 1 N–H and O–H groups in total. The van der Waals surface area contributed by atoms with Gasteiger partial charge in [-0.2, -0.15) is 0 Å². The molecule has 0 bridgehead atoms. The van der Waals surface area contributed by atoms with Gasteiger partial charge in [-0.25, -0.2) is 0 Å². The number of rotatable bonds is 7. The molecule has 0 fully saturated rings. The van der Waals surface area contributed by atoms with Crippen molar-refractivity contribution in [2.75, 3.05) is 12.8 Å². The van der Waals surface area contributed by atoms with E-state index in [1.165, 1.54) is 12.1 Å². The molecule has 0 saturated heterocycles. The molecule has 1 aromatic rings. The fourth-order valence-electron chi connectivity index (χ4n) is 1.51. The van der Waals surface area contributed by atoms with E-state index in [0.29, 0.717) is 12.1 Å². The zero-order valence-electron chi connectivity index (χ0n) is 11.1. The van der Waals surface area contributed by atoms with Crippen LogP contribution in [0.3, 0.4) is 0 Å². The van der Waals surface area contributed by atoms with Crippen molar-refractivity contribution < 1.29 is 14.1 Å². The summed E-state index contributed by atoms with van der Waals surface area (Å²) >= 11 is 0. The van der Waals surface area contributed by atoms with Gasteiger partial charge in [0.05, 0.1) is 15.9 Å². The molecule has 1 rings (SSSR count). The third-order valence-corrected chi connectivity index (χ3v) is 4.09. The first-order valence-corrected chi connectivity index (χ1v) is 7.39. The van der Waals surface area contributed by atoms with Crippen molar-refractivity contribution >= 4 is 22.2 Å². The standard InChI is InChI=1S/C11H15N3O5S/c1-8(20(2)19)6-12-7-9-3-4-10(13(15)16)5-11(9)14(17)18/h3-5,8,12H,6-7H2,1-2H3. The van der Waals surface area contributed by atoms with Gasteiger partial charge in [0.25, 0.3) is 11.4 Å². The van der Waals surface area contributed by atoms with Crippen LogP contribution in [0.2, 0.25) is 0 Å². The van der Waals surface area contributed by atoms with Crippen LogP contribution in [0.15, 0.2) is 18.2 Å². The van der Waals surface area contributed by atoms with Crippen molar-refractivity contribution in [3.63, 3.8) is 0 Å². The Bertz CT molecular complexity index is 549. The lowest BCUT2D eigenvalue weighted by Gasteiger charge is -2.10. The van der Waals surface area contributed by atoms with Crippen molar-refractivity contribution in [1.82, 2.24) is 5.32 Å². The van der Waals surface area contributed by atoms with E-state index in [-0.39, 0.29) is 23.2 Å². The first kappa shape index (κ1) is 16.2. The summed E-state index contributed by atoms with van der Waals surface area (Å²) in [7, 11) is -0.978. The fourth-order valence-corrected chi connectivity index (χ4v) is 1.87. The second-order valence-corrected chi connectivity index (χ2v) is 6.07. The summed E-state index contributed by atoms with van der Waals surface area (Å²) in [4.78, 5) is 20.2. The highest BCUT2D eigenvalue weighted by molar-refractivity contribution is 7.84. The Kier molecular flexibility index (Phi) is 5.71. The molecule has 20 heavy (non-hydrogen) atoms. The number of nitrogens with zero attached hydrogens (tertiary/aromatic N) is 2. The van der Waals surface area contributed by atoms with Crippen LogP contribution in [0.1, 0.15) is 12.5 Å². The SMILES string of the molecule is CC(CNCc1ccc([N+](=O)[O-])cc1[N+](=O)[O-])S(C)=O. The minimum Gasteiger partial charge on any atom is -0.311 e. The molecule has 110 valence electrons. The first-order valence-electron chi connectivity index (χ1n) is 5.77. The molecule has 0 aliphatic carbocycles. The topological polar surface area (TPSA) is 115 Å². The molecular weight excluding hydrogens is 286 g/mol. The molecule has 9 heteroatoms. The second-order valence-electron chi connectivity index (χ2n) is 4.27. The van der Waals surface area contributed by atoms with Crippen LogP contribution in [0.5, 0.6) is 0 Å². The van der Waals surface area contributed by atoms with Crippen LogP contribution in [0, 0.1) is 20.2 Å². The molecule has 0 radical (unpaired) electrons. The number of non-ortho nitro benzene ring substituents is 1. The molecule has 8 nitrogen and oxygen atoms in total. The lowest BCUT2D eigenvalue weighted by Crippen LogP contribution is -2.27. The minimum atomic E-state index is -0.978. The minimum absolute atomic E-state index is 0.0768. The monoisotopic (exact) mass is 301 g/mol. The molecule has 1 aromatic carbocycles. The predicted molar refractivity (Wildman–Crippen MR) is 75.0 cm³/mol. The molecule has 0 aromatic heterocycles. The van der Waals surface area contributed by atoms with E-state index >= 15 is 0 Å². The fraction of sp³-hybridized carbons (Fsp3) is 0.455. The zero-order valence-corrected chi connectivity index (χ0v) is 11.9. The molecule has 0 aliphatic rings. The molecule has 0 saturated carbocycles. The highest BCUT2D eigenvalue weighted by atomic mass is 32.2. The maximum absolute atomic E-state index is 11.2. The Morgan fingerprint density at radius 2 is 1.95 bits per heavy atom. The number of nitro groups is 2. The first-order chi connectivity index (χ1) is 9.32. The van der Waals surface area contributed by atoms with Crippen molar-refractivity contribution in [1.29, 1.82) is 0 Å². The highest BCUT2D eigenvalue weighted by Crippen LogP contribution is 2.24. The van der Waals surface area contributed by atoms with Crippen molar-refractivity contribution in [3.05, 3.63) is 44.0 Å². The second kappa shape index (κ2) is 7.06. The molecule has 0 amide bonds. The van der Waals surface area contributed by atoms with E-state index in [2.05, 4.69) is 5.32 Å². The number of nitro benzene ring substituents is 2. The van der Waals surface area contributed by atoms with Gasteiger partial charge in [-0.1, -0.05) is 0 Å². The van der Waals surface area contributed by atoms with Crippen LogP contribution in [-0.2, 0) is 17.3 Å². The van der Waals surface area contributed by atoms with Crippen LogP contribution in [0.4, 0.5) is 11.4 Å². The Hall–Kier alpha value is -1.87. The summed E-state index contributed by atoms with van der Waals surface area (Å²) < 4.78 is 11.2. The number of hydrogen-bond acceptors (Lipinski definition) is 6. The summed E-state index contributed by atoms with van der Waals surface area (Å²) in [5.41, 5.74) is -0.255. The van der Waals surface area contributed by atoms with Crippen molar-refractivity contribution in [2.24, 2.45) is 0 Å². The quantitative estimate of drug-likeness (QED) is 0.600. The molecular formula is C11H15N3O5S. The summed E-state index contributed by atoms with van der Waals surface area (Å²) in [6, 6.07) is 3.53. The molecule has 2 unspecified atom stereocenters. The Morgan fingerprint density at radius 3 is 2.45 bits per heavy atom. The maximum Gasteiger partial charge on any atom is 0.280 e. The van der Waals surface area contributed by atoms with Gasteiger partial charge < -0.3 is 5.32 Å². The van der Waals surface area contributed by atoms with Gasteiger partial charge in [-0.3, -0.25) is 24.4 Å². The van der Waals surface area contributed by atoms with Crippen LogP contribution in [0.25, 0.3) is 0 Å². The molecule has 0 aliphatic heterocycles. The average molecular weight is 301 g/mol. The summed E-state index contributed by atoms with van der Waals surface area (Å²) in [6.07, 6.45) is 1.58. The van der Waals surface area contributed by atoms with Crippen LogP contribution in [-0.4, -0.2) is 32.1 Å². The number of benzene rings is 1. The van der Waals surface area contributed by atoms with E-state index < -0.39 is 20.6 Å². The van der Waals surface area contributed by atoms with Gasteiger partial charge in [-0.05, 0) is 13.0 Å². The average Bonchev–Trinajstić information content (AvgIpc) is 2.38. The Labute approximate surface area is 117 Å². The third-order valence-electron chi connectivity index (χ3n) is 2.79. The summed E-state index contributed by atoms with van der Waals surface area (Å²) in [5, 5.41) is 24.4. The van der Waals surface area contributed by atoms with Gasteiger partial charge in [0.15, 0.2) is 0 Å². The van der Waals surface area contributed by atoms with Gasteiger partial charge in [0, 0.05) is 47.0 Å². The maximum atomic E-state index is 11.2. The zero-order chi connectivity index (χ0) is 15.3. The summed E-state index contributed by atoms with van der Waals surface area (Å²) in [5.74, 6) is 0. The van der Waals surface area contributed by atoms with Crippen molar-refractivity contribution in [2.45, 2.75) is 18.7 Å². The smallest absolute Gasteiger partial charge is 0.280 e. The van der Waals surface area contributed by atoms with Gasteiger partial charge in [-0.15, -0.1) is 0 Å². The number of hydrogen-bond donors (Lipinski definition) is 1. The molecule has 0 spiro atoms. The van der Waals surface area contributed by atoms with Crippen molar-refractivity contribution in [3.8, 4) is 0 Å². The van der Waals surface area contributed by atoms with E-state index in [0.717, 1.165) is 6.07 Å². The summed E-state index contributed by atoms with van der Waals surface area (Å²) in [6.45, 7) is 2.43. The molecule has 2 atom stereocenters. The van der Waals surface area contributed by atoms with E-state index in [1.807, 2.05) is 0 Å². The van der Waals surface area contributed by atoms with Gasteiger partial charge in [0.2, 0.25) is 0 Å². The molecule has 0 heterocycles. The lowest BCUT2D eigenvalue weighted by atomic mass is 10.1. The van der Waals surface area contributed by atoms with E-state index in [4.69, 9.17) is 0 Å². The third kappa shape index (κ3) is 4.35. The van der Waals surface area contributed by atoms with E-state index in [9.17, 15) is 24.4 Å². The normalized spacial score (nSPS) is 13.7. The Morgan fingerprint density at radius 1 is 1.30 bits per heavy atom. The van der Waals surface area contributed by atoms with E-state index in [1.54, 1.807) is 13.2 Å². The van der Waals surface area contributed by atoms with Crippen LogP contribution < -0.4 is 5.32 Å². The highest BCUT2D eigenvalue weighted by Gasteiger charge is 2.19. The largest absolute Gasteiger partial charge is 0.311 e. The predicted octanol–water partition coefficient (Wildman–Crippen LogP) is 1.36. The van der Waals surface area contributed by atoms with Crippen LogP contribution >= 0.6 is 0 Å². The van der Waals surface area contributed by atoms with Gasteiger partial charge in [0.1, 0.15) is 0 Å². The Balaban J connectivity index is 2.82. The lowest BCUT2D eigenvalue weighted by molar-refractivity contribution is -0.394.